The van der Waals surface area contributed by atoms with Gasteiger partial charge in [0.1, 0.15) is 5.76 Å². The molecule has 0 radical (unpaired) electrons. The third-order valence-electron chi connectivity index (χ3n) is 4.83. The first kappa shape index (κ1) is 18.0. The number of halogens is 1. The zero-order valence-corrected chi connectivity index (χ0v) is 14.7. The quantitative estimate of drug-likeness (QED) is 0.912. The highest BCUT2D eigenvalue weighted by molar-refractivity contribution is 5.85. The minimum atomic E-state index is 0. The number of aryl methyl sites for hydroxylation is 2. The number of benzene rings is 1. The molecular formula is C18H26ClN3O. The van der Waals surface area contributed by atoms with Crippen LogP contribution in [-0.2, 0) is 13.0 Å². The van der Waals surface area contributed by atoms with Crippen LogP contribution in [0.1, 0.15) is 35.4 Å². The minimum Gasteiger partial charge on any atom is -0.361 e. The fourth-order valence-electron chi connectivity index (χ4n) is 3.55. The summed E-state index contributed by atoms with van der Waals surface area (Å²) in [5, 5.41) is 4.17. The molecule has 0 unspecified atom stereocenters. The lowest BCUT2D eigenvalue weighted by Gasteiger charge is -2.16. The first-order valence-corrected chi connectivity index (χ1v) is 8.14. The lowest BCUT2D eigenvalue weighted by molar-refractivity contribution is 0.313. The van der Waals surface area contributed by atoms with Crippen molar-refractivity contribution in [3.8, 4) is 0 Å². The Hall–Kier alpha value is -1.36. The van der Waals surface area contributed by atoms with E-state index in [9.17, 15) is 0 Å². The van der Waals surface area contributed by atoms with Gasteiger partial charge in [-0.2, -0.15) is 0 Å². The van der Waals surface area contributed by atoms with E-state index in [0.29, 0.717) is 11.8 Å². The van der Waals surface area contributed by atoms with Gasteiger partial charge in [-0.25, -0.2) is 0 Å². The molecule has 1 fully saturated rings. The second kappa shape index (κ2) is 7.95. The lowest BCUT2D eigenvalue weighted by Crippen LogP contribution is -2.23. The van der Waals surface area contributed by atoms with E-state index < -0.39 is 0 Å². The average molecular weight is 336 g/mol. The Kier molecular flexibility index (Phi) is 6.22. The summed E-state index contributed by atoms with van der Waals surface area (Å²) >= 11 is 0. The van der Waals surface area contributed by atoms with E-state index in [2.05, 4.69) is 47.3 Å². The zero-order chi connectivity index (χ0) is 15.5. The first-order valence-electron chi connectivity index (χ1n) is 8.14. The maximum atomic E-state index is 6.03. The van der Waals surface area contributed by atoms with Crippen LogP contribution in [0.5, 0.6) is 0 Å². The van der Waals surface area contributed by atoms with E-state index >= 15 is 0 Å². The summed E-state index contributed by atoms with van der Waals surface area (Å²) in [4.78, 5) is 2.49. The maximum absolute atomic E-state index is 6.03. The van der Waals surface area contributed by atoms with Crippen LogP contribution in [0.3, 0.4) is 0 Å². The fourth-order valence-corrected chi connectivity index (χ4v) is 3.55. The Labute approximate surface area is 144 Å². The van der Waals surface area contributed by atoms with Crippen LogP contribution in [0.4, 0.5) is 0 Å². The third kappa shape index (κ3) is 3.77. The molecule has 0 amide bonds. The van der Waals surface area contributed by atoms with Crippen LogP contribution in [0.25, 0.3) is 0 Å². The van der Waals surface area contributed by atoms with Crippen molar-refractivity contribution in [3.05, 3.63) is 52.9 Å². The van der Waals surface area contributed by atoms with Gasteiger partial charge in [0, 0.05) is 31.1 Å². The standard InChI is InChI=1S/C18H25N3O.ClH/c1-3-18-16(13(2)22-20-18)11-21-10-15(9-19)17(12-21)14-7-5-4-6-8-14;/h4-8,15,17H,3,9-12,19H2,1-2H3;1H/t15-,17+;/m1./s1. The fraction of sp³-hybridized carbons (Fsp3) is 0.500. The predicted molar refractivity (Wildman–Crippen MR) is 94.9 cm³/mol. The number of hydrogen-bond acceptors (Lipinski definition) is 4. The van der Waals surface area contributed by atoms with Crippen molar-refractivity contribution in [1.29, 1.82) is 0 Å². The van der Waals surface area contributed by atoms with Gasteiger partial charge in [0.2, 0.25) is 0 Å². The molecule has 0 spiro atoms. The van der Waals surface area contributed by atoms with Crippen LogP contribution in [0.15, 0.2) is 34.9 Å². The molecule has 4 nitrogen and oxygen atoms in total. The second-order valence-corrected chi connectivity index (χ2v) is 6.22. The van der Waals surface area contributed by atoms with Gasteiger partial charge in [0.25, 0.3) is 0 Å². The summed E-state index contributed by atoms with van der Waals surface area (Å²) in [5.74, 6) is 1.99. The predicted octanol–water partition coefficient (Wildman–Crippen LogP) is 3.14. The summed E-state index contributed by atoms with van der Waals surface area (Å²) in [6, 6.07) is 10.7. The Balaban J connectivity index is 0.00000192. The SMILES string of the molecule is CCc1noc(C)c1CN1C[C@@H](CN)[C@H](c2ccccc2)C1.Cl. The van der Waals surface area contributed by atoms with E-state index in [0.717, 1.165) is 44.1 Å². The molecule has 2 atom stereocenters. The molecule has 2 heterocycles. The second-order valence-electron chi connectivity index (χ2n) is 6.22. The number of nitrogens with zero attached hydrogens (tertiary/aromatic N) is 2. The lowest BCUT2D eigenvalue weighted by atomic mass is 9.89. The summed E-state index contributed by atoms with van der Waals surface area (Å²) in [7, 11) is 0. The molecular weight excluding hydrogens is 310 g/mol. The van der Waals surface area contributed by atoms with Gasteiger partial charge < -0.3 is 10.3 Å². The minimum absolute atomic E-state index is 0. The van der Waals surface area contributed by atoms with Gasteiger partial charge in [0.05, 0.1) is 5.69 Å². The van der Waals surface area contributed by atoms with E-state index in [1.54, 1.807) is 0 Å². The molecule has 1 aliphatic rings. The van der Waals surface area contributed by atoms with Crippen LogP contribution >= 0.6 is 12.4 Å². The number of rotatable bonds is 5. The van der Waals surface area contributed by atoms with Crippen LogP contribution in [0, 0.1) is 12.8 Å². The monoisotopic (exact) mass is 335 g/mol. The Bertz CT molecular complexity index is 614. The molecule has 2 N–H and O–H groups in total. The molecule has 1 aromatic heterocycles. The molecule has 0 bridgehead atoms. The Morgan fingerprint density at radius 2 is 2.00 bits per heavy atom. The Morgan fingerprint density at radius 3 is 2.65 bits per heavy atom. The topological polar surface area (TPSA) is 55.3 Å². The molecule has 3 rings (SSSR count). The molecule has 1 aliphatic heterocycles. The zero-order valence-electron chi connectivity index (χ0n) is 13.9. The van der Waals surface area contributed by atoms with E-state index in [1.165, 1.54) is 11.1 Å². The summed E-state index contributed by atoms with van der Waals surface area (Å²) in [5.41, 5.74) is 9.77. The molecule has 1 aromatic carbocycles. The normalized spacial score (nSPS) is 21.3. The van der Waals surface area contributed by atoms with Crippen LogP contribution < -0.4 is 5.73 Å². The number of nitrogens with two attached hydrogens (primary N) is 1. The van der Waals surface area contributed by atoms with Crippen molar-refractivity contribution in [2.24, 2.45) is 11.7 Å². The summed E-state index contributed by atoms with van der Waals surface area (Å²) in [6.07, 6.45) is 0.920. The van der Waals surface area contributed by atoms with Crippen LogP contribution in [-0.4, -0.2) is 29.7 Å². The highest BCUT2D eigenvalue weighted by Crippen LogP contribution is 2.33. The van der Waals surface area contributed by atoms with Crippen molar-refractivity contribution < 1.29 is 4.52 Å². The maximum Gasteiger partial charge on any atom is 0.138 e. The first-order chi connectivity index (χ1) is 10.7. The van der Waals surface area contributed by atoms with Crippen molar-refractivity contribution in [3.63, 3.8) is 0 Å². The van der Waals surface area contributed by atoms with Crippen molar-refractivity contribution in [2.45, 2.75) is 32.7 Å². The van der Waals surface area contributed by atoms with E-state index in [4.69, 9.17) is 10.3 Å². The molecule has 0 saturated carbocycles. The van der Waals surface area contributed by atoms with E-state index in [-0.39, 0.29) is 12.4 Å². The van der Waals surface area contributed by atoms with Crippen molar-refractivity contribution in [2.75, 3.05) is 19.6 Å². The third-order valence-corrected chi connectivity index (χ3v) is 4.83. The largest absolute Gasteiger partial charge is 0.361 e. The van der Waals surface area contributed by atoms with Gasteiger partial charge >= 0.3 is 0 Å². The number of hydrogen-bond donors (Lipinski definition) is 1. The number of likely N-dealkylation sites (tertiary alicyclic amines) is 1. The smallest absolute Gasteiger partial charge is 0.138 e. The molecule has 2 aromatic rings. The Morgan fingerprint density at radius 1 is 1.26 bits per heavy atom. The number of aromatic nitrogens is 1. The van der Waals surface area contributed by atoms with Crippen LogP contribution in [0.2, 0.25) is 0 Å². The van der Waals surface area contributed by atoms with Gasteiger partial charge in [-0.1, -0.05) is 42.4 Å². The van der Waals surface area contributed by atoms with Gasteiger partial charge in [0.15, 0.2) is 0 Å². The van der Waals surface area contributed by atoms with Crippen molar-refractivity contribution in [1.82, 2.24) is 10.1 Å². The highest BCUT2D eigenvalue weighted by atomic mass is 35.5. The summed E-state index contributed by atoms with van der Waals surface area (Å²) < 4.78 is 5.36. The highest BCUT2D eigenvalue weighted by Gasteiger charge is 2.33. The summed E-state index contributed by atoms with van der Waals surface area (Å²) in [6.45, 7) is 7.88. The van der Waals surface area contributed by atoms with Gasteiger partial charge in [-0.05, 0) is 31.4 Å². The van der Waals surface area contributed by atoms with Crippen molar-refractivity contribution >= 4 is 12.4 Å². The molecule has 5 heteroatoms. The molecule has 1 saturated heterocycles. The average Bonchev–Trinajstić information content (AvgIpc) is 3.13. The molecule has 23 heavy (non-hydrogen) atoms. The molecule has 0 aliphatic carbocycles. The van der Waals surface area contributed by atoms with Gasteiger partial charge in [-0.3, -0.25) is 4.90 Å². The van der Waals surface area contributed by atoms with E-state index in [1.807, 2.05) is 6.92 Å². The molecule has 126 valence electrons. The van der Waals surface area contributed by atoms with Gasteiger partial charge in [-0.15, -0.1) is 12.4 Å².